The summed E-state index contributed by atoms with van der Waals surface area (Å²) in [5.74, 6) is 0. The van der Waals surface area contributed by atoms with Crippen LogP contribution in [-0.4, -0.2) is 11.0 Å². The zero-order chi connectivity index (χ0) is 12.7. The van der Waals surface area contributed by atoms with Crippen LogP contribution in [0.2, 0.25) is 10.0 Å². The number of hydrogen-bond acceptors (Lipinski definition) is 3. The third-order valence-electron chi connectivity index (χ3n) is 3.06. The van der Waals surface area contributed by atoms with Crippen LogP contribution in [0.5, 0.6) is 0 Å². The molecule has 94 valence electrons. The molecule has 18 heavy (non-hydrogen) atoms. The van der Waals surface area contributed by atoms with Crippen molar-refractivity contribution in [1.82, 2.24) is 10.3 Å². The Morgan fingerprint density at radius 1 is 1.33 bits per heavy atom. The molecule has 0 bridgehead atoms. The summed E-state index contributed by atoms with van der Waals surface area (Å²) in [6, 6.07) is 6.17. The average Bonchev–Trinajstić information content (AvgIpc) is 2.75. The smallest absolute Gasteiger partial charge is 0.123 e. The molecule has 2 aromatic rings. The van der Waals surface area contributed by atoms with E-state index in [2.05, 4.69) is 12.2 Å². The maximum absolute atomic E-state index is 6.05. The largest absolute Gasteiger partial charge is 0.309 e. The van der Waals surface area contributed by atoms with Gasteiger partial charge in [-0.1, -0.05) is 29.3 Å². The van der Waals surface area contributed by atoms with Crippen molar-refractivity contribution < 1.29 is 0 Å². The van der Waals surface area contributed by atoms with Crippen LogP contribution in [0.25, 0.3) is 10.6 Å². The van der Waals surface area contributed by atoms with Gasteiger partial charge in [0.2, 0.25) is 0 Å². The van der Waals surface area contributed by atoms with Crippen LogP contribution in [0.4, 0.5) is 0 Å². The predicted octanol–water partition coefficient (Wildman–Crippen LogP) is 4.15. The summed E-state index contributed by atoms with van der Waals surface area (Å²) in [5, 5.41) is 5.63. The molecule has 1 aliphatic rings. The molecule has 0 saturated carbocycles. The first kappa shape index (κ1) is 12.4. The molecule has 0 saturated heterocycles. The van der Waals surface area contributed by atoms with E-state index in [0.29, 0.717) is 16.1 Å². The first-order chi connectivity index (χ1) is 8.63. The molecule has 1 aromatic heterocycles. The first-order valence-corrected chi connectivity index (χ1v) is 7.38. The molecule has 2 heterocycles. The summed E-state index contributed by atoms with van der Waals surface area (Å²) >= 11 is 13.7. The lowest BCUT2D eigenvalue weighted by atomic mass is 10.1. The average molecular weight is 299 g/mol. The molecule has 0 fully saturated rings. The fraction of sp³-hybridized carbons (Fsp3) is 0.308. The number of thiazole rings is 1. The molecule has 0 spiro atoms. The quantitative estimate of drug-likeness (QED) is 0.855. The second kappa shape index (κ2) is 4.82. The van der Waals surface area contributed by atoms with Gasteiger partial charge in [0.25, 0.3) is 0 Å². The Morgan fingerprint density at radius 2 is 2.17 bits per heavy atom. The molecule has 0 amide bonds. The molecule has 2 nitrogen and oxygen atoms in total. The van der Waals surface area contributed by atoms with Crippen LogP contribution in [0, 0.1) is 0 Å². The zero-order valence-electron chi connectivity index (χ0n) is 9.84. The Bertz CT molecular complexity index is 595. The molecule has 1 aliphatic heterocycles. The molecule has 3 rings (SSSR count). The van der Waals surface area contributed by atoms with E-state index in [9.17, 15) is 0 Å². The number of nitrogens with one attached hydrogen (secondary N) is 1. The fourth-order valence-corrected chi connectivity index (χ4v) is 3.40. The van der Waals surface area contributed by atoms with E-state index in [1.54, 1.807) is 11.3 Å². The molecule has 1 unspecified atom stereocenters. The van der Waals surface area contributed by atoms with Gasteiger partial charge >= 0.3 is 0 Å². The van der Waals surface area contributed by atoms with Crippen LogP contribution >= 0.6 is 34.5 Å². The van der Waals surface area contributed by atoms with Crippen LogP contribution in [0.1, 0.15) is 17.5 Å². The number of halogens is 2. The van der Waals surface area contributed by atoms with Gasteiger partial charge in [0, 0.05) is 29.4 Å². The lowest BCUT2D eigenvalue weighted by Crippen LogP contribution is -2.32. The summed E-state index contributed by atoms with van der Waals surface area (Å²) in [7, 11) is 0. The SMILES string of the molecule is CC1Cc2nc(-c3ccc(Cl)c(Cl)c3)sc2CN1. The van der Waals surface area contributed by atoms with E-state index in [-0.39, 0.29) is 0 Å². The second-order valence-corrected chi connectivity index (χ2v) is 6.40. The number of fused-ring (bicyclic) bond motifs is 1. The minimum absolute atomic E-state index is 0.501. The normalized spacial score (nSPS) is 18.7. The number of benzene rings is 1. The molecule has 1 N–H and O–H groups in total. The molecule has 1 aromatic carbocycles. The van der Waals surface area contributed by atoms with Crippen molar-refractivity contribution in [3.8, 4) is 10.6 Å². The number of aromatic nitrogens is 1. The van der Waals surface area contributed by atoms with Crippen molar-refractivity contribution in [3.05, 3.63) is 38.8 Å². The summed E-state index contributed by atoms with van der Waals surface area (Å²) in [4.78, 5) is 6.05. The van der Waals surface area contributed by atoms with Crippen LogP contribution in [-0.2, 0) is 13.0 Å². The number of nitrogens with zero attached hydrogens (tertiary/aromatic N) is 1. The molecular weight excluding hydrogens is 287 g/mol. The van der Waals surface area contributed by atoms with Crippen molar-refractivity contribution in [2.75, 3.05) is 0 Å². The van der Waals surface area contributed by atoms with Crippen molar-refractivity contribution >= 4 is 34.5 Å². The van der Waals surface area contributed by atoms with Crippen molar-refractivity contribution in [2.24, 2.45) is 0 Å². The molecule has 0 aliphatic carbocycles. The Labute approximate surface area is 120 Å². The van der Waals surface area contributed by atoms with E-state index in [0.717, 1.165) is 23.5 Å². The molecular formula is C13H12Cl2N2S. The van der Waals surface area contributed by atoms with Crippen LogP contribution in [0.15, 0.2) is 18.2 Å². The van der Waals surface area contributed by atoms with E-state index in [1.807, 2.05) is 18.2 Å². The minimum atomic E-state index is 0.501. The Kier molecular flexibility index (Phi) is 3.32. The molecule has 1 atom stereocenters. The van der Waals surface area contributed by atoms with Gasteiger partial charge < -0.3 is 5.32 Å². The fourth-order valence-electron chi connectivity index (χ4n) is 2.06. The topological polar surface area (TPSA) is 24.9 Å². The van der Waals surface area contributed by atoms with Crippen molar-refractivity contribution in [2.45, 2.75) is 25.9 Å². The van der Waals surface area contributed by atoms with E-state index in [4.69, 9.17) is 28.2 Å². The Morgan fingerprint density at radius 3 is 2.94 bits per heavy atom. The lowest BCUT2D eigenvalue weighted by molar-refractivity contribution is 0.513. The lowest BCUT2D eigenvalue weighted by Gasteiger charge is -2.18. The van der Waals surface area contributed by atoms with E-state index >= 15 is 0 Å². The van der Waals surface area contributed by atoms with Gasteiger partial charge in [0.15, 0.2) is 0 Å². The highest BCUT2D eigenvalue weighted by Gasteiger charge is 2.19. The highest BCUT2D eigenvalue weighted by atomic mass is 35.5. The van der Waals surface area contributed by atoms with Gasteiger partial charge in [-0.05, 0) is 19.1 Å². The Balaban J connectivity index is 2.00. The van der Waals surface area contributed by atoms with Gasteiger partial charge in [0.1, 0.15) is 5.01 Å². The van der Waals surface area contributed by atoms with Crippen LogP contribution < -0.4 is 5.32 Å². The summed E-state index contributed by atoms with van der Waals surface area (Å²) in [6.07, 6.45) is 0.993. The number of rotatable bonds is 1. The predicted molar refractivity (Wildman–Crippen MR) is 77.6 cm³/mol. The van der Waals surface area contributed by atoms with Gasteiger partial charge in [0.05, 0.1) is 15.7 Å². The van der Waals surface area contributed by atoms with E-state index < -0.39 is 0 Å². The Hall–Kier alpha value is -0.610. The second-order valence-electron chi connectivity index (χ2n) is 4.50. The van der Waals surface area contributed by atoms with Gasteiger partial charge in [-0.2, -0.15) is 0 Å². The monoisotopic (exact) mass is 298 g/mol. The van der Waals surface area contributed by atoms with Gasteiger partial charge in [-0.15, -0.1) is 11.3 Å². The van der Waals surface area contributed by atoms with Crippen molar-refractivity contribution in [1.29, 1.82) is 0 Å². The standard InChI is InChI=1S/C13H12Cl2N2S/c1-7-4-11-12(6-16-7)18-13(17-11)8-2-3-9(14)10(15)5-8/h2-3,5,7,16H,4,6H2,1H3. The summed E-state index contributed by atoms with van der Waals surface area (Å²) in [6.45, 7) is 3.09. The minimum Gasteiger partial charge on any atom is -0.309 e. The molecule has 5 heteroatoms. The van der Waals surface area contributed by atoms with Gasteiger partial charge in [-0.3, -0.25) is 0 Å². The molecule has 0 radical (unpaired) electrons. The maximum atomic E-state index is 6.05. The summed E-state index contributed by atoms with van der Waals surface area (Å²) < 4.78 is 0. The third-order valence-corrected chi connectivity index (χ3v) is 4.94. The maximum Gasteiger partial charge on any atom is 0.123 e. The van der Waals surface area contributed by atoms with Gasteiger partial charge in [-0.25, -0.2) is 4.98 Å². The zero-order valence-corrected chi connectivity index (χ0v) is 12.2. The highest BCUT2D eigenvalue weighted by molar-refractivity contribution is 7.15. The number of hydrogen-bond donors (Lipinski definition) is 1. The highest BCUT2D eigenvalue weighted by Crippen LogP contribution is 2.33. The third kappa shape index (κ3) is 2.28. The summed E-state index contributed by atoms with van der Waals surface area (Å²) in [5.41, 5.74) is 2.25. The van der Waals surface area contributed by atoms with E-state index in [1.165, 1.54) is 10.6 Å². The van der Waals surface area contributed by atoms with Crippen LogP contribution in [0.3, 0.4) is 0 Å². The van der Waals surface area contributed by atoms with Crippen molar-refractivity contribution in [3.63, 3.8) is 0 Å². The first-order valence-electron chi connectivity index (χ1n) is 5.81.